The van der Waals surface area contributed by atoms with Crippen LogP contribution < -0.4 is 0 Å². The van der Waals surface area contributed by atoms with Crippen molar-refractivity contribution in [2.24, 2.45) is 28.6 Å². The van der Waals surface area contributed by atoms with Crippen LogP contribution >= 0.6 is 12.6 Å². The number of ketones is 1. The molecule has 1 aliphatic heterocycles. The number of rotatable bonds is 0. The smallest absolute Gasteiger partial charge is 0.310 e. The lowest BCUT2D eigenvalue weighted by Gasteiger charge is -2.62. The minimum absolute atomic E-state index is 0.0157. The van der Waals surface area contributed by atoms with Gasteiger partial charge in [0.2, 0.25) is 0 Å². The molecular weight excluding hydrogens is 332 g/mol. The number of carbonyl (C=O) groups is 2. The van der Waals surface area contributed by atoms with Crippen LogP contribution in [-0.4, -0.2) is 22.6 Å². The first-order chi connectivity index (χ1) is 11.8. The Bertz CT molecular complexity index is 689. The zero-order valence-electron chi connectivity index (χ0n) is 15.2. The van der Waals surface area contributed by atoms with Crippen LogP contribution in [0.5, 0.6) is 0 Å². The first-order valence-corrected chi connectivity index (χ1v) is 10.4. The van der Waals surface area contributed by atoms with Gasteiger partial charge in [-0.15, -0.1) is 0 Å². The van der Waals surface area contributed by atoms with Crippen molar-refractivity contribution in [1.29, 1.82) is 0 Å². The number of thiol groups is 1. The summed E-state index contributed by atoms with van der Waals surface area (Å²) in [4.78, 5) is 23.6. The number of fused-ring (bicyclic) bond motifs is 6. The molecule has 0 bridgehead atoms. The average molecular weight is 361 g/mol. The minimum atomic E-state index is -0.188. The van der Waals surface area contributed by atoms with E-state index < -0.39 is 0 Å². The zero-order valence-corrected chi connectivity index (χ0v) is 16.1. The van der Waals surface area contributed by atoms with E-state index in [2.05, 4.69) is 13.8 Å². The van der Waals surface area contributed by atoms with Crippen LogP contribution in [0, 0.1) is 28.6 Å². The van der Waals surface area contributed by atoms with E-state index in [9.17, 15) is 9.59 Å². The molecule has 3 nitrogen and oxygen atoms in total. The predicted octanol–water partition coefficient (Wildman–Crippen LogP) is 4.11. The second kappa shape index (κ2) is 4.94. The van der Waals surface area contributed by atoms with Crippen LogP contribution in [0.4, 0.5) is 0 Å². The van der Waals surface area contributed by atoms with E-state index in [1.165, 1.54) is 12.0 Å². The van der Waals surface area contributed by atoms with Gasteiger partial charge in [0, 0.05) is 17.1 Å². The van der Waals surface area contributed by atoms with Gasteiger partial charge in [-0.3, -0.25) is 9.59 Å². The number of allylic oxidation sites excluding steroid dienone is 1. The van der Waals surface area contributed by atoms with Crippen molar-refractivity contribution in [2.45, 2.75) is 76.1 Å². The Balaban J connectivity index is 1.52. The molecule has 0 aromatic rings. The maximum atomic E-state index is 12.0. The summed E-state index contributed by atoms with van der Waals surface area (Å²) in [5, 5.41) is 0.325. The van der Waals surface area contributed by atoms with Crippen molar-refractivity contribution >= 4 is 24.4 Å². The summed E-state index contributed by atoms with van der Waals surface area (Å²) >= 11 is 5.05. The Morgan fingerprint density at radius 2 is 1.84 bits per heavy atom. The molecule has 0 aromatic carbocycles. The van der Waals surface area contributed by atoms with E-state index in [1.807, 2.05) is 6.08 Å². The lowest BCUT2D eigenvalue weighted by Crippen LogP contribution is -2.62. The van der Waals surface area contributed by atoms with Gasteiger partial charge in [-0.2, -0.15) is 12.6 Å². The van der Waals surface area contributed by atoms with Gasteiger partial charge in [-0.25, -0.2) is 0 Å². The number of carbonyl (C=O) groups excluding carboxylic acids is 2. The first-order valence-electron chi connectivity index (χ1n) is 9.93. The Morgan fingerprint density at radius 3 is 2.56 bits per heavy atom. The summed E-state index contributed by atoms with van der Waals surface area (Å²) in [6, 6.07) is 0. The summed E-state index contributed by atoms with van der Waals surface area (Å²) < 4.78 is 5.80. The highest BCUT2D eigenvalue weighted by atomic mass is 32.1. The highest BCUT2D eigenvalue weighted by molar-refractivity contribution is 7.81. The van der Waals surface area contributed by atoms with E-state index in [-0.39, 0.29) is 22.4 Å². The number of hydrogen-bond donors (Lipinski definition) is 1. The quantitative estimate of drug-likeness (QED) is 0.522. The van der Waals surface area contributed by atoms with Crippen molar-refractivity contribution in [1.82, 2.24) is 0 Å². The largest absolute Gasteiger partial charge is 0.458 e. The molecule has 4 heteroatoms. The van der Waals surface area contributed by atoms with Gasteiger partial charge in [0.15, 0.2) is 5.78 Å². The normalized spacial score (nSPS) is 54.1. The zero-order chi connectivity index (χ0) is 17.6. The number of hydrogen-bond acceptors (Lipinski definition) is 4. The highest BCUT2D eigenvalue weighted by Gasteiger charge is 2.70. The molecule has 4 aliphatic carbocycles. The Labute approximate surface area is 155 Å². The third kappa shape index (κ3) is 1.90. The molecule has 25 heavy (non-hydrogen) atoms. The Morgan fingerprint density at radius 1 is 1.12 bits per heavy atom. The van der Waals surface area contributed by atoms with Gasteiger partial charge >= 0.3 is 5.97 Å². The average Bonchev–Trinajstić information content (AvgIpc) is 2.83. The summed E-state index contributed by atoms with van der Waals surface area (Å²) in [5.74, 6) is 2.08. The molecule has 1 heterocycles. The summed E-state index contributed by atoms with van der Waals surface area (Å²) in [6.45, 7) is 4.78. The lowest BCUT2D eigenvalue weighted by molar-refractivity contribution is -0.223. The molecule has 5 aliphatic rings. The Kier molecular flexibility index (Phi) is 3.24. The molecular formula is C21H28O3S. The molecule has 1 spiro atoms. The molecule has 0 radical (unpaired) electrons. The fraction of sp³-hybridized carbons (Fsp3) is 0.810. The van der Waals surface area contributed by atoms with Crippen molar-refractivity contribution < 1.29 is 14.3 Å². The third-order valence-electron chi connectivity index (χ3n) is 9.01. The predicted molar refractivity (Wildman–Crippen MR) is 98.3 cm³/mol. The SMILES string of the molecule is C[C@]12CCC(=O)C=C1C[C@@H](S)[C@@H]1[C@@H]2CC[C@@]2(C)[C@H]1CC[C@@]21CC(=O)O1. The number of ether oxygens (including phenoxy) is 1. The van der Waals surface area contributed by atoms with Crippen LogP contribution in [0.25, 0.3) is 0 Å². The second-order valence-electron chi connectivity index (χ2n) is 9.76. The maximum absolute atomic E-state index is 12.0. The molecule has 0 aromatic heterocycles. The van der Waals surface area contributed by atoms with Gasteiger partial charge in [0.05, 0.1) is 6.42 Å². The monoisotopic (exact) mass is 360 g/mol. The van der Waals surface area contributed by atoms with E-state index in [1.54, 1.807) is 0 Å². The van der Waals surface area contributed by atoms with Crippen LogP contribution in [-0.2, 0) is 14.3 Å². The van der Waals surface area contributed by atoms with Crippen LogP contribution in [0.2, 0.25) is 0 Å². The van der Waals surface area contributed by atoms with Gasteiger partial charge in [0.25, 0.3) is 0 Å². The minimum Gasteiger partial charge on any atom is -0.458 e. The standard InChI is InChI=1S/C21H28O3S/c1-19-6-3-13(22)9-12(19)10-16(25)18-14(19)4-7-20(2)15(18)5-8-21(20)11-17(23)24-21/h9,14-16,18,25H,3-8,10-11H2,1-2H3/t14-,15-,16+,18+,19-,20-,21+/m0/s1. The molecule has 0 unspecified atom stereocenters. The van der Waals surface area contributed by atoms with E-state index in [0.717, 1.165) is 32.1 Å². The molecule has 136 valence electrons. The molecule has 1 saturated heterocycles. The topological polar surface area (TPSA) is 43.4 Å². The molecule has 3 saturated carbocycles. The number of esters is 1. The van der Waals surface area contributed by atoms with Gasteiger partial charge in [-0.05, 0) is 67.8 Å². The molecule has 0 N–H and O–H groups in total. The maximum Gasteiger partial charge on any atom is 0.310 e. The van der Waals surface area contributed by atoms with Gasteiger partial charge < -0.3 is 4.74 Å². The molecule has 7 atom stereocenters. The first kappa shape index (κ1) is 16.4. The van der Waals surface area contributed by atoms with E-state index >= 15 is 0 Å². The van der Waals surface area contributed by atoms with Crippen molar-refractivity contribution in [3.05, 3.63) is 11.6 Å². The lowest BCUT2D eigenvalue weighted by atomic mass is 9.46. The second-order valence-corrected chi connectivity index (χ2v) is 10.4. The van der Waals surface area contributed by atoms with Crippen molar-refractivity contribution in [3.8, 4) is 0 Å². The van der Waals surface area contributed by atoms with Gasteiger partial charge in [0.1, 0.15) is 5.60 Å². The van der Waals surface area contributed by atoms with Gasteiger partial charge in [-0.1, -0.05) is 19.4 Å². The van der Waals surface area contributed by atoms with E-state index in [4.69, 9.17) is 17.4 Å². The molecule has 4 fully saturated rings. The summed E-state index contributed by atoms with van der Waals surface area (Å²) in [7, 11) is 0. The van der Waals surface area contributed by atoms with Crippen LogP contribution in [0.15, 0.2) is 11.6 Å². The van der Waals surface area contributed by atoms with E-state index in [0.29, 0.717) is 41.6 Å². The highest BCUT2D eigenvalue weighted by Crippen LogP contribution is 2.70. The Hall–Kier alpha value is -0.770. The fourth-order valence-corrected chi connectivity index (χ4v) is 8.13. The van der Waals surface area contributed by atoms with Crippen LogP contribution in [0.1, 0.15) is 65.2 Å². The third-order valence-corrected chi connectivity index (χ3v) is 9.54. The summed E-state index contributed by atoms with van der Waals surface area (Å²) in [5.41, 5.74) is 1.46. The van der Waals surface area contributed by atoms with Crippen molar-refractivity contribution in [2.75, 3.05) is 0 Å². The van der Waals surface area contributed by atoms with Crippen LogP contribution in [0.3, 0.4) is 0 Å². The summed E-state index contributed by atoms with van der Waals surface area (Å²) in [6.07, 6.45) is 9.72. The fourth-order valence-electron chi connectivity index (χ4n) is 7.52. The molecule has 5 rings (SSSR count). The molecule has 0 amide bonds. The van der Waals surface area contributed by atoms with Crippen molar-refractivity contribution in [3.63, 3.8) is 0 Å².